The molecule has 5 nitrogen and oxygen atoms in total. The van der Waals surface area contributed by atoms with Gasteiger partial charge in [0, 0.05) is 10.6 Å². The Kier molecular flexibility index (Phi) is 4.44. The summed E-state index contributed by atoms with van der Waals surface area (Å²) in [5.74, 6) is -0.166. The monoisotopic (exact) mass is 384 g/mol. The number of anilines is 1. The van der Waals surface area contributed by atoms with Crippen LogP contribution in [0.5, 0.6) is 5.75 Å². The van der Waals surface area contributed by atoms with Gasteiger partial charge in [0.25, 0.3) is 5.91 Å². The molecule has 0 aliphatic carbocycles. The van der Waals surface area contributed by atoms with Gasteiger partial charge in [0.15, 0.2) is 11.9 Å². The molecule has 0 spiro atoms. The molecule has 1 N–H and O–H groups in total. The van der Waals surface area contributed by atoms with Crippen molar-refractivity contribution in [2.75, 3.05) is 5.32 Å². The Morgan fingerprint density at radius 2 is 2.04 bits per heavy atom. The Hall–Kier alpha value is -2.70. The third kappa shape index (κ3) is 3.21. The van der Waals surface area contributed by atoms with Gasteiger partial charge in [-0.1, -0.05) is 41.9 Å². The fourth-order valence-electron chi connectivity index (χ4n) is 2.77. The highest BCUT2D eigenvalue weighted by atomic mass is 35.5. The smallest absolute Gasteiger partial charge is 0.266 e. The first-order valence-electron chi connectivity index (χ1n) is 7.91. The zero-order valence-electron chi connectivity index (χ0n) is 13.4. The van der Waals surface area contributed by atoms with Gasteiger partial charge in [0.05, 0.1) is 17.5 Å². The number of hydrogen-bond acceptors (Lipinski definition) is 5. The second kappa shape index (κ2) is 6.90. The summed E-state index contributed by atoms with van der Waals surface area (Å²) in [6.45, 7) is 0. The summed E-state index contributed by atoms with van der Waals surface area (Å²) in [6, 6.07) is 14.4. The Balaban J connectivity index is 1.54. The largest absolute Gasteiger partial charge is 0.479 e. The van der Waals surface area contributed by atoms with Gasteiger partial charge >= 0.3 is 0 Å². The lowest BCUT2D eigenvalue weighted by Gasteiger charge is -2.24. The van der Waals surface area contributed by atoms with Crippen LogP contribution in [0.15, 0.2) is 54.0 Å². The molecule has 1 aromatic heterocycles. The summed E-state index contributed by atoms with van der Waals surface area (Å²) in [5.41, 5.74) is 3.68. The summed E-state index contributed by atoms with van der Waals surface area (Å²) in [6.07, 6.45) is -0.916. The third-order valence-corrected chi connectivity index (χ3v) is 5.00. The van der Waals surface area contributed by atoms with Crippen molar-refractivity contribution in [3.63, 3.8) is 0 Å². The molecule has 1 aliphatic heterocycles. The van der Waals surface area contributed by atoms with Gasteiger partial charge in [-0.2, -0.15) is 0 Å². The normalized spacial score (nSPS) is 15.9. The molecule has 130 valence electrons. The quantitative estimate of drug-likeness (QED) is 0.725. The number of aromatic nitrogens is 1. The maximum absolute atomic E-state index is 12.6. The van der Waals surface area contributed by atoms with E-state index in [0.29, 0.717) is 27.0 Å². The van der Waals surface area contributed by atoms with E-state index in [2.05, 4.69) is 10.3 Å². The molecule has 0 saturated heterocycles. The van der Waals surface area contributed by atoms with E-state index in [9.17, 15) is 9.59 Å². The number of carbonyl (C=O) groups is 2. The van der Waals surface area contributed by atoms with Crippen LogP contribution in [0, 0.1) is 0 Å². The van der Waals surface area contributed by atoms with Gasteiger partial charge in [0.1, 0.15) is 16.4 Å². The van der Waals surface area contributed by atoms with Gasteiger partial charge in [-0.15, -0.1) is 11.3 Å². The van der Waals surface area contributed by atoms with Crippen molar-refractivity contribution in [2.45, 2.75) is 12.5 Å². The fourth-order valence-corrected chi connectivity index (χ4v) is 3.65. The summed E-state index contributed by atoms with van der Waals surface area (Å²) in [5, 5.41) is 3.92. The molecule has 1 atom stereocenters. The second-order valence-corrected chi connectivity index (χ2v) is 7.05. The van der Waals surface area contributed by atoms with Crippen LogP contribution in [0.2, 0.25) is 5.02 Å². The number of nitrogens with one attached hydrogen (secondary N) is 1. The number of benzene rings is 2. The summed E-state index contributed by atoms with van der Waals surface area (Å²) < 4.78 is 5.71. The number of thiazole rings is 1. The minimum absolute atomic E-state index is 0.0291. The van der Waals surface area contributed by atoms with Crippen molar-refractivity contribution >= 4 is 39.6 Å². The van der Waals surface area contributed by atoms with Gasteiger partial charge in [-0.25, -0.2) is 4.98 Å². The molecular formula is C19H13ClN2O3S. The number of ketones is 1. The van der Waals surface area contributed by atoms with Crippen LogP contribution in [0.25, 0.3) is 11.3 Å². The first kappa shape index (κ1) is 16.8. The molecule has 1 amide bonds. The standard InChI is InChI=1S/C19H13ClN2O3S/c20-12-6-7-15-13(8-12)14(23)9-16(25-15)18(24)22-19-17(21-10-26-19)11-4-2-1-3-5-11/h1-8,10,16H,9H2,(H,22,24)/t16-/m1/s1. The zero-order chi connectivity index (χ0) is 18.1. The number of rotatable bonds is 3. The number of hydrogen-bond donors (Lipinski definition) is 1. The first-order valence-corrected chi connectivity index (χ1v) is 9.17. The minimum atomic E-state index is -0.887. The molecule has 26 heavy (non-hydrogen) atoms. The van der Waals surface area contributed by atoms with Crippen LogP contribution < -0.4 is 10.1 Å². The predicted molar refractivity (Wildman–Crippen MR) is 101 cm³/mol. The molecule has 2 aromatic carbocycles. The molecule has 2 heterocycles. The third-order valence-electron chi connectivity index (χ3n) is 4.03. The maximum atomic E-state index is 12.6. The van der Waals surface area contributed by atoms with E-state index < -0.39 is 6.10 Å². The fraction of sp³-hybridized carbons (Fsp3) is 0.105. The molecule has 1 aliphatic rings. The number of fused-ring (bicyclic) bond motifs is 1. The average Bonchev–Trinajstić information content (AvgIpc) is 3.11. The number of halogens is 1. The predicted octanol–water partition coefficient (Wildman–Crippen LogP) is 4.44. The first-order chi connectivity index (χ1) is 12.6. The van der Waals surface area contributed by atoms with Crippen LogP contribution in [-0.2, 0) is 4.79 Å². The van der Waals surface area contributed by atoms with Crippen molar-refractivity contribution in [3.8, 4) is 17.0 Å². The highest BCUT2D eigenvalue weighted by Gasteiger charge is 2.32. The zero-order valence-corrected chi connectivity index (χ0v) is 15.0. The molecular weight excluding hydrogens is 372 g/mol. The highest BCUT2D eigenvalue weighted by Crippen LogP contribution is 2.33. The van der Waals surface area contributed by atoms with Crippen molar-refractivity contribution in [1.29, 1.82) is 0 Å². The van der Waals surface area contributed by atoms with Gasteiger partial charge < -0.3 is 10.1 Å². The Morgan fingerprint density at radius 3 is 2.85 bits per heavy atom. The van der Waals surface area contributed by atoms with Crippen LogP contribution in [-0.4, -0.2) is 22.8 Å². The van der Waals surface area contributed by atoms with E-state index in [1.54, 1.807) is 23.7 Å². The summed E-state index contributed by atoms with van der Waals surface area (Å²) in [7, 11) is 0. The van der Waals surface area contributed by atoms with Crippen molar-refractivity contribution in [3.05, 3.63) is 64.6 Å². The average molecular weight is 385 g/mol. The molecule has 0 unspecified atom stereocenters. The van der Waals surface area contributed by atoms with E-state index in [1.165, 1.54) is 11.3 Å². The number of carbonyl (C=O) groups excluding carboxylic acids is 2. The van der Waals surface area contributed by atoms with E-state index >= 15 is 0 Å². The van der Waals surface area contributed by atoms with E-state index in [1.807, 2.05) is 30.3 Å². The number of Topliss-reactive ketones (excluding diaryl/α,β-unsaturated/α-hetero) is 1. The Bertz CT molecular complexity index is 987. The molecule has 7 heteroatoms. The second-order valence-electron chi connectivity index (χ2n) is 5.76. The van der Waals surface area contributed by atoms with Crippen LogP contribution in [0.3, 0.4) is 0 Å². The van der Waals surface area contributed by atoms with E-state index in [-0.39, 0.29) is 18.1 Å². The topological polar surface area (TPSA) is 68.3 Å². The van der Waals surface area contributed by atoms with Gasteiger partial charge in [-0.05, 0) is 18.2 Å². The minimum Gasteiger partial charge on any atom is -0.479 e. The molecule has 0 saturated carbocycles. The van der Waals surface area contributed by atoms with Crippen molar-refractivity contribution in [1.82, 2.24) is 4.98 Å². The lowest BCUT2D eigenvalue weighted by atomic mass is 10.0. The molecule has 4 rings (SSSR count). The molecule has 0 radical (unpaired) electrons. The lowest BCUT2D eigenvalue weighted by molar-refractivity contribution is -0.122. The number of amides is 1. The maximum Gasteiger partial charge on any atom is 0.266 e. The van der Waals surface area contributed by atoms with Crippen molar-refractivity contribution in [2.24, 2.45) is 0 Å². The van der Waals surface area contributed by atoms with Gasteiger partial charge in [-0.3, -0.25) is 9.59 Å². The number of nitrogens with zero attached hydrogens (tertiary/aromatic N) is 1. The van der Waals surface area contributed by atoms with Crippen LogP contribution in [0.4, 0.5) is 5.00 Å². The lowest BCUT2D eigenvalue weighted by Crippen LogP contribution is -2.38. The summed E-state index contributed by atoms with van der Waals surface area (Å²) in [4.78, 5) is 29.3. The Labute approximate surface area is 158 Å². The summed E-state index contributed by atoms with van der Waals surface area (Å²) >= 11 is 7.24. The molecule has 3 aromatic rings. The van der Waals surface area contributed by atoms with Crippen LogP contribution in [0.1, 0.15) is 16.8 Å². The van der Waals surface area contributed by atoms with Crippen LogP contribution >= 0.6 is 22.9 Å². The molecule has 0 fully saturated rings. The van der Waals surface area contributed by atoms with E-state index in [4.69, 9.17) is 16.3 Å². The SMILES string of the molecule is O=C1C[C@H](C(=O)Nc2scnc2-c2ccccc2)Oc2ccc(Cl)cc21. The Morgan fingerprint density at radius 1 is 1.23 bits per heavy atom. The van der Waals surface area contributed by atoms with Crippen molar-refractivity contribution < 1.29 is 14.3 Å². The number of ether oxygens (including phenoxy) is 1. The highest BCUT2D eigenvalue weighted by molar-refractivity contribution is 7.14. The van der Waals surface area contributed by atoms with Gasteiger partial charge in [0.2, 0.25) is 0 Å². The van der Waals surface area contributed by atoms with E-state index in [0.717, 1.165) is 5.56 Å². The molecule has 0 bridgehead atoms.